The first-order chi connectivity index (χ1) is 6.57. The maximum Gasteiger partial charge on any atom is 0.147 e. The molecule has 0 bridgehead atoms. The fourth-order valence-corrected chi connectivity index (χ4v) is 1.92. The van der Waals surface area contributed by atoms with Gasteiger partial charge in [0.2, 0.25) is 0 Å². The quantitative estimate of drug-likeness (QED) is 0.769. The third kappa shape index (κ3) is 2.34. The molecule has 1 atom stereocenters. The van der Waals surface area contributed by atoms with Gasteiger partial charge in [0, 0.05) is 5.56 Å². The molecule has 0 aliphatic heterocycles. The van der Waals surface area contributed by atoms with Crippen molar-refractivity contribution in [3.8, 4) is 0 Å². The number of benzene rings is 1. The predicted octanol–water partition coefficient (Wildman–Crippen LogP) is 3.83. The SMILES string of the molecule is CC(=O)C(Br)c1cccc(CF)c1Cl. The summed E-state index contributed by atoms with van der Waals surface area (Å²) >= 11 is 9.13. The molecule has 14 heavy (non-hydrogen) atoms. The van der Waals surface area contributed by atoms with E-state index in [0.29, 0.717) is 16.1 Å². The van der Waals surface area contributed by atoms with Gasteiger partial charge in [-0.05, 0) is 12.5 Å². The number of hydrogen-bond acceptors (Lipinski definition) is 1. The second kappa shape index (κ2) is 4.89. The Kier molecular flexibility index (Phi) is 4.08. The summed E-state index contributed by atoms with van der Waals surface area (Å²) in [5.41, 5.74) is 1.03. The van der Waals surface area contributed by atoms with Gasteiger partial charge < -0.3 is 0 Å². The molecule has 1 aromatic rings. The van der Waals surface area contributed by atoms with Crippen LogP contribution in [0.3, 0.4) is 0 Å². The number of hydrogen-bond donors (Lipinski definition) is 0. The maximum atomic E-state index is 12.4. The average molecular weight is 280 g/mol. The molecule has 1 aromatic carbocycles. The Hall–Kier alpha value is -0.410. The van der Waals surface area contributed by atoms with Gasteiger partial charge in [0.05, 0.1) is 9.85 Å². The third-order valence-electron chi connectivity index (χ3n) is 1.88. The number of rotatable bonds is 3. The van der Waals surface area contributed by atoms with Crippen molar-refractivity contribution < 1.29 is 9.18 Å². The Morgan fingerprint density at radius 3 is 2.79 bits per heavy atom. The average Bonchev–Trinajstić information content (AvgIpc) is 2.17. The molecule has 0 aliphatic rings. The van der Waals surface area contributed by atoms with E-state index in [0.717, 1.165) is 0 Å². The molecule has 0 spiro atoms. The lowest BCUT2D eigenvalue weighted by atomic mass is 10.1. The lowest BCUT2D eigenvalue weighted by Crippen LogP contribution is -2.02. The van der Waals surface area contributed by atoms with Crippen molar-refractivity contribution >= 4 is 33.3 Å². The van der Waals surface area contributed by atoms with Crippen molar-refractivity contribution in [2.24, 2.45) is 0 Å². The first kappa shape index (κ1) is 11.7. The van der Waals surface area contributed by atoms with Crippen LogP contribution in [0, 0.1) is 0 Å². The highest BCUT2D eigenvalue weighted by Crippen LogP contribution is 2.32. The Morgan fingerprint density at radius 2 is 2.29 bits per heavy atom. The lowest BCUT2D eigenvalue weighted by Gasteiger charge is -2.10. The molecule has 1 rings (SSSR count). The van der Waals surface area contributed by atoms with E-state index in [1.165, 1.54) is 6.92 Å². The van der Waals surface area contributed by atoms with Crippen LogP contribution < -0.4 is 0 Å². The number of alkyl halides is 2. The van der Waals surface area contributed by atoms with E-state index < -0.39 is 11.5 Å². The summed E-state index contributed by atoms with van der Waals surface area (Å²) < 4.78 is 12.4. The Balaban J connectivity index is 3.15. The summed E-state index contributed by atoms with van der Waals surface area (Å²) in [4.78, 5) is 10.6. The van der Waals surface area contributed by atoms with Crippen molar-refractivity contribution in [3.05, 3.63) is 34.3 Å². The van der Waals surface area contributed by atoms with Crippen LogP contribution >= 0.6 is 27.5 Å². The highest BCUT2D eigenvalue weighted by atomic mass is 79.9. The molecule has 76 valence electrons. The third-order valence-corrected chi connectivity index (χ3v) is 3.48. The zero-order chi connectivity index (χ0) is 10.7. The highest BCUT2D eigenvalue weighted by Gasteiger charge is 2.17. The zero-order valence-electron chi connectivity index (χ0n) is 7.56. The molecule has 1 nitrogen and oxygen atoms in total. The predicted molar refractivity (Wildman–Crippen MR) is 58.6 cm³/mol. The van der Waals surface area contributed by atoms with Crippen LogP contribution in [0.15, 0.2) is 18.2 Å². The molecule has 1 unspecified atom stereocenters. The highest BCUT2D eigenvalue weighted by molar-refractivity contribution is 9.09. The van der Waals surface area contributed by atoms with Crippen molar-refractivity contribution in [2.75, 3.05) is 0 Å². The number of halogens is 3. The normalized spacial score (nSPS) is 12.6. The minimum Gasteiger partial charge on any atom is -0.298 e. The van der Waals surface area contributed by atoms with E-state index in [4.69, 9.17) is 11.6 Å². The van der Waals surface area contributed by atoms with Gasteiger partial charge in [-0.25, -0.2) is 4.39 Å². The summed E-state index contributed by atoms with van der Waals surface area (Å²) in [6.07, 6.45) is 0. The molecule has 0 fully saturated rings. The van der Waals surface area contributed by atoms with Gasteiger partial charge in [-0.15, -0.1) is 0 Å². The van der Waals surface area contributed by atoms with Crippen LogP contribution in [0.1, 0.15) is 22.9 Å². The molecule has 0 aliphatic carbocycles. The van der Waals surface area contributed by atoms with Gasteiger partial charge in [-0.1, -0.05) is 45.7 Å². The largest absolute Gasteiger partial charge is 0.298 e. The monoisotopic (exact) mass is 278 g/mol. The van der Waals surface area contributed by atoms with Crippen LogP contribution in [0.2, 0.25) is 5.02 Å². The Morgan fingerprint density at radius 1 is 1.64 bits per heavy atom. The van der Waals surface area contributed by atoms with Gasteiger partial charge in [0.1, 0.15) is 12.5 Å². The number of ketones is 1. The van der Waals surface area contributed by atoms with Crippen molar-refractivity contribution in [3.63, 3.8) is 0 Å². The topological polar surface area (TPSA) is 17.1 Å². The first-order valence-electron chi connectivity index (χ1n) is 4.05. The number of carbonyl (C=O) groups is 1. The molecule has 0 N–H and O–H groups in total. The summed E-state index contributed by atoms with van der Waals surface area (Å²) in [7, 11) is 0. The van der Waals surface area contributed by atoms with E-state index >= 15 is 0 Å². The zero-order valence-corrected chi connectivity index (χ0v) is 9.90. The molecule has 0 saturated heterocycles. The van der Waals surface area contributed by atoms with Gasteiger partial charge in [-0.2, -0.15) is 0 Å². The first-order valence-corrected chi connectivity index (χ1v) is 5.35. The minimum absolute atomic E-state index is 0.0529. The van der Waals surface area contributed by atoms with E-state index in [9.17, 15) is 9.18 Å². The van der Waals surface area contributed by atoms with Crippen molar-refractivity contribution in [1.29, 1.82) is 0 Å². The fraction of sp³-hybridized carbons (Fsp3) is 0.300. The summed E-state index contributed by atoms with van der Waals surface area (Å²) in [6, 6.07) is 5.00. The van der Waals surface area contributed by atoms with E-state index in [2.05, 4.69) is 15.9 Å². The molecule has 0 radical (unpaired) electrons. The van der Waals surface area contributed by atoms with E-state index in [-0.39, 0.29) is 5.78 Å². The minimum atomic E-state index is -0.621. The number of carbonyl (C=O) groups excluding carboxylic acids is 1. The smallest absolute Gasteiger partial charge is 0.147 e. The molecule has 0 aromatic heterocycles. The van der Waals surface area contributed by atoms with Gasteiger partial charge >= 0.3 is 0 Å². The molecular formula is C10H9BrClFO. The van der Waals surface area contributed by atoms with E-state index in [1.54, 1.807) is 18.2 Å². The molecular weight excluding hydrogens is 270 g/mol. The summed E-state index contributed by atoms with van der Waals surface area (Å²) in [6.45, 7) is 0.835. The van der Waals surface area contributed by atoms with Crippen LogP contribution in [-0.4, -0.2) is 5.78 Å². The summed E-state index contributed by atoms with van der Waals surface area (Å²) in [5, 5.41) is 0.326. The standard InChI is InChI=1S/C10H9BrClFO/c1-6(14)9(11)8-4-2-3-7(5-13)10(8)12/h2-4,9H,5H2,1H3. The van der Waals surface area contributed by atoms with Gasteiger partial charge in [0.15, 0.2) is 0 Å². The Labute approximate surface area is 95.4 Å². The number of Topliss-reactive ketones (excluding diaryl/α,β-unsaturated/α-hetero) is 1. The van der Waals surface area contributed by atoms with Gasteiger partial charge in [0.25, 0.3) is 0 Å². The molecule has 4 heteroatoms. The van der Waals surface area contributed by atoms with Crippen LogP contribution in [0.25, 0.3) is 0 Å². The van der Waals surface area contributed by atoms with Crippen LogP contribution in [-0.2, 0) is 11.5 Å². The van der Waals surface area contributed by atoms with Crippen molar-refractivity contribution in [1.82, 2.24) is 0 Å². The second-order valence-corrected chi connectivity index (χ2v) is 4.22. The lowest BCUT2D eigenvalue weighted by molar-refractivity contribution is -0.116. The maximum absolute atomic E-state index is 12.4. The van der Waals surface area contributed by atoms with Crippen molar-refractivity contribution in [2.45, 2.75) is 18.4 Å². The molecule has 0 saturated carbocycles. The second-order valence-electron chi connectivity index (χ2n) is 2.93. The van der Waals surface area contributed by atoms with Crippen LogP contribution in [0.5, 0.6) is 0 Å². The molecule has 0 heterocycles. The van der Waals surface area contributed by atoms with Crippen LogP contribution in [0.4, 0.5) is 4.39 Å². The molecule has 0 amide bonds. The van der Waals surface area contributed by atoms with Gasteiger partial charge in [-0.3, -0.25) is 4.79 Å². The Bertz CT molecular complexity index is 354. The fourth-order valence-electron chi connectivity index (χ4n) is 1.12. The summed E-state index contributed by atoms with van der Waals surface area (Å²) in [5.74, 6) is -0.0529. The van der Waals surface area contributed by atoms with E-state index in [1.807, 2.05) is 0 Å².